The number of piperazine rings is 1. The first-order chi connectivity index (χ1) is 12.6. The van der Waals surface area contributed by atoms with E-state index in [1.54, 1.807) is 12.4 Å². The van der Waals surface area contributed by atoms with Crippen molar-refractivity contribution in [3.05, 3.63) is 39.3 Å². The molecule has 2 aromatic heterocycles. The quantitative estimate of drug-likeness (QED) is 0.622. The zero-order chi connectivity index (χ0) is 18.4. The number of rotatable bonds is 7. The van der Waals surface area contributed by atoms with E-state index in [4.69, 9.17) is 0 Å². The van der Waals surface area contributed by atoms with Gasteiger partial charge in [-0.25, -0.2) is 19.9 Å². The summed E-state index contributed by atoms with van der Waals surface area (Å²) in [6.45, 7) is 5.51. The number of aromatic nitrogens is 5. The first-order valence-corrected chi connectivity index (χ1v) is 8.79. The SMILES string of the molecule is Cn1c(=O)[nH]nc(NCCCCN2CCN(c3ncccn3)CC2)c1=O. The Morgan fingerprint density at radius 3 is 2.58 bits per heavy atom. The van der Waals surface area contributed by atoms with E-state index in [0.717, 1.165) is 56.1 Å². The molecule has 0 radical (unpaired) electrons. The van der Waals surface area contributed by atoms with Crippen LogP contribution in [0.3, 0.4) is 0 Å². The number of nitrogens with zero attached hydrogens (tertiary/aromatic N) is 6. The van der Waals surface area contributed by atoms with Gasteiger partial charge in [0, 0.05) is 52.2 Å². The summed E-state index contributed by atoms with van der Waals surface area (Å²) in [6.07, 6.45) is 5.49. The lowest BCUT2D eigenvalue weighted by Gasteiger charge is -2.34. The Kier molecular flexibility index (Phi) is 5.95. The number of anilines is 2. The molecule has 0 saturated carbocycles. The molecule has 1 saturated heterocycles. The number of hydrogen-bond acceptors (Lipinski definition) is 8. The van der Waals surface area contributed by atoms with Gasteiger partial charge in [0.1, 0.15) is 0 Å². The van der Waals surface area contributed by atoms with Crippen molar-refractivity contribution >= 4 is 11.8 Å². The van der Waals surface area contributed by atoms with Crippen LogP contribution in [0.2, 0.25) is 0 Å². The molecule has 0 unspecified atom stereocenters. The Morgan fingerprint density at radius 2 is 1.85 bits per heavy atom. The van der Waals surface area contributed by atoms with Gasteiger partial charge in [0.25, 0.3) is 5.56 Å². The van der Waals surface area contributed by atoms with Crippen molar-refractivity contribution in [2.24, 2.45) is 7.05 Å². The molecule has 10 heteroatoms. The molecule has 3 rings (SSSR count). The lowest BCUT2D eigenvalue weighted by atomic mass is 10.2. The lowest BCUT2D eigenvalue weighted by molar-refractivity contribution is 0.252. The topological polar surface area (TPSA) is 112 Å². The van der Waals surface area contributed by atoms with E-state index in [1.165, 1.54) is 7.05 Å². The van der Waals surface area contributed by atoms with Gasteiger partial charge in [-0.2, -0.15) is 0 Å². The van der Waals surface area contributed by atoms with Crippen molar-refractivity contribution in [2.75, 3.05) is 49.5 Å². The summed E-state index contributed by atoms with van der Waals surface area (Å²) >= 11 is 0. The highest BCUT2D eigenvalue weighted by Gasteiger charge is 2.18. The van der Waals surface area contributed by atoms with Crippen molar-refractivity contribution in [1.29, 1.82) is 0 Å². The largest absolute Gasteiger partial charge is 0.364 e. The Hall–Kier alpha value is -2.75. The van der Waals surface area contributed by atoms with Crippen molar-refractivity contribution in [1.82, 2.24) is 29.6 Å². The molecule has 2 aromatic rings. The fraction of sp³-hybridized carbons (Fsp3) is 0.562. The third kappa shape index (κ3) is 4.45. The second kappa shape index (κ2) is 8.56. The van der Waals surface area contributed by atoms with E-state index in [-0.39, 0.29) is 5.82 Å². The molecular weight excluding hydrogens is 336 g/mol. The molecule has 0 aliphatic carbocycles. The molecule has 0 spiro atoms. The minimum atomic E-state index is -0.513. The Labute approximate surface area is 150 Å². The molecule has 0 atom stereocenters. The van der Waals surface area contributed by atoms with E-state index in [9.17, 15) is 9.59 Å². The summed E-state index contributed by atoms with van der Waals surface area (Å²) in [5, 5.41) is 9.03. The molecule has 0 aromatic carbocycles. The summed E-state index contributed by atoms with van der Waals surface area (Å²) in [7, 11) is 1.42. The van der Waals surface area contributed by atoms with Crippen LogP contribution in [-0.2, 0) is 7.05 Å². The standard InChI is InChI=1S/C16H24N8O2/c1-22-14(25)13(20-21-16(22)26)17-5-2-3-8-23-9-11-24(12-10-23)15-18-6-4-7-19-15/h4,6-7H,2-3,5,8-12H2,1H3,(H,17,20)(H,21,26). The predicted octanol–water partition coefficient (Wildman–Crippen LogP) is -0.727. The number of unbranched alkanes of at least 4 members (excludes halogenated alkanes) is 1. The van der Waals surface area contributed by atoms with Crippen LogP contribution in [0.4, 0.5) is 11.8 Å². The van der Waals surface area contributed by atoms with Crippen molar-refractivity contribution in [3.63, 3.8) is 0 Å². The van der Waals surface area contributed by atoms with Crippen LogP contribution in [0.5, 0.6) is 0 Å². The van der Waals surface area contributed by atoms with E-state index >= 15 is 0 Å². The minimum Gasteiger partial charge on any atom is -0.364 e. The van der Waals surface area contributed by atoms with Crippen LogP contribution in [-0.4, -0.2) is 68.9 Å². The number of aromatic amines is 1. The van der Waals surface area contributed by atoms with Crippen LogP contribution in [0, 0.1) is 0 Å². The lowest BCUT2D eigenvalue weighted by Crippen LogP contribution is -2.47. The molecule has 26 heavy (non-hydrogen) atoms. The van der Waals surface area contributed by atoms with Crippen LogP contribution in [0.25, 0.3) is 0 Å². The molecule has 10 nitrogen and oxygen atoms in total. The third-order valence-corrected chi connectivity index (χ3v) is 4.48. The van der Waals surface area contributed by atoms with Crippen LogP contribution in [0.15, 0.2) is 28.0 Å². The van der Waals surface area contributed by atoms with Gasteiger partial charge in [0.05, 0.1) is 0 Å². The highest BCUT2D eigenvalue weighted by Crippen LogP contribution is 2.10. The number of hydrogen-bond donors (Lipinski definition) is 2. The monoisotopic (exact) mass is 360 g/mol. The summed E-state index contributed by atoms with van der Waals surface area (Å²) in [5.74, 6) is 0.981. The van der Waals surface area contributed by atoms with Crippen LogP contribution in [0.1, 0.15) is 12.8 Å². The zero-order valence-corrected chi connectivity index (χ0v) is 14.9. The molecule has 140 valence electrons. The first-order valence-electron chi connectivity index (χ1n) is 8.79. The molecule has 3 heterocycles. The van der Waals surface area contributed by atoms with E-state index in [1.807, 2.05) is 6.07 Å². The average molecular weight is 360 g/mol. The summed E-state index contributed by atoms with van der Waals surface area (Å²) < 4.78 is 1.01. The molecule has 0 amide bonds. The van der Waals surface area contributed by atoms with E-state index in [0.29, 0.717) is 6.54 Å². The van der Waals surface area contributed by atoms with Gasteiger partial charge >= 0.3 is 5.69 Å². The van der Waals surface area contributed by atoms with Gasteiger partial charge in [-0.05, 0) is 25.5 Å². The molecular formula is C16H24N8O2. The normalized spacial score (nSPS) is 15.2. The Balaban J connectivity index is 1.34. The second-order valence-electron chi connectivity index (χ2n) is 6.25. The smallest absolute Gasteiger partial charge is 0.344 e. The van der Waals surface area contributed by atoms with Crippen molar-refractivity contribution in [2.45, 2.75) is 12.8 Å². The summed E-state index contributed by atoms with van der Waals surface area (Å²) in [4.78, 5) is 36.3. The van der Waals surface area contributed by atoms with Gasteiger partial charge in [-0.1, -0.05) is 0 Å². The molecule has 0 bridgehead atoms. The Bertz CT molecular complexity index is 811. The first kappa shape index (κ1) is 18.1. The highest BCUT2D eigenvalue weighted by atomic mass is 16.2. The minimum absolute atomic E-state index is 0.184. The number of nitrogens with one attached hydrogen (secondary N) is 2. The maximum absolute atomic E-state index is 11.8. The fourth-order valence-electron chi connectivity index (χ4n) is 2.89. The van der Waals surface area contributed by atoms with Crippen LogP contribution < -0.4 is 21.5 Å². The van der Waals surface area contributed by atoms with Gasteiger partial charge in [-0.3, -0.25) is 14.3 Å². The highest BCUT2D eigenvalue weighted by molar-refractivity contribution is 5.29. The molecule has 1 fully saturated rings. The maximum Gasteiger partial charge on any atom is 0.344 e. The van der Waals surface area contributed by atoms with Gasteiger partial charge < -0.3 is 10.2 Å². The van der Waals surface area contributed by atoms with Gasteiger partial charge in [0.2, 0.25) is 11.8 Å². The van der Waals surface area contributed by atoms with E-state index < -0.39 is 11.2 Å². The molecule has 1 aliphatic heterocycles. The third-order valence-electron chi connectivity index (χ3n) is 4.48. The number of H-pyrrole nitrogens is 1. The van der Waals surface area contributed by atoms with Crippen molar-refractivity contribution in [3.8, 4) is 0 Å². The van der Waals surface area contributed by atoms with E-state index in [2.05, 4.69) is 35.3 Å². The Morgan fingerprint density at radius 1 is 1.12 bits per heavy atom. The zero-order valence-electron chi connectivity index (χ0n) is 14.9. The fourth-order valence-corrected chi connectivity index (χ4v) is 2.89. The second-order valence-corrected chi connectivity index (χ2v) is 6.25. The van der Waals surface area contributed by atoms with Gasteiger partial charge in [-0.15, -0.1) is 5.10 Å². The summed E-state index contributed by atoms with van der Waals surface area (Å²) in [6, 6.07) is 1.83. The molecule has 1 aliphatic rings. The van der Waals surface area contributed by atoms with Crippen molar-refractivity contribution < 1.29 is 0 Å². The van der Waals surface area contributed by atoms with Crippen LogP contribution >= 0.6 is 0 Å². The summed E-state index contributed by atoms with van der Waals surface area (Å²) in [5.41, 5.74) is -0.923. The predicted molar refractivity (Wildman–Crippen MR) is 98.5 cm³/mol. The molecule has 2 N–H and O–H groups in total. The van der Waals surface area contributed by atoms with Gasteiger partial charge in [0.15, 0.2) is 0 Å². The average Bonchev–Trinajstić information content (AvgIpc) is 2.69. The maximum atomic E-state index is 11.8.